The summed E-state index contributed by atoms with van der Waals surface area (Å²) < 4.78 is 11.3. The second-order valence-corrected chi connectivity index (χ2v) is 4.89. The minimum Gasteiger partial charge on any atom is -0.493 e. The summed E-state index contributed by atoms with van der Waals surface area (Å²) in [6.45, 7) is 6.11. The molecule has 1 aromatic rings. The average molecular weight is 270 g/mol. The van der Waals surface area contributed by atoms with E-state index in [1.165, 1.54) is 5.56 Å². The van der Waals surface area contributed by atoms with Crippen molar-refractivity contribution < 1.29 is 9.47 Å². The molecule has 0 saturated carbocycles. The maximum atomic E-state index is 6.09. The van der Waals surface area contributed by atoms with E-state index in [1.54, 1.807) is 0 Å². The fraction of sp³-hybridized carbons (Fsp3) is 0.571. The highest BCUT2D eigenvalue weighted by atomic mass is 35.5. The Kier molecular flexibility index (Phi) is 5.29. The number of rotatable bonds is 7. The maximum absolute atomic E-state index is 6.09. The first kappa shape index (κ1) is 13.7. The van der Waals surface area contributed by atoms with Gasteiger partial charge in [-0.05, 0) is 30.7 Å². The van der Waals surface area contributed by atoms with Crippen LogP contribution in [0.15, 0.2) is 12.1 Å². The van der Waals surface area contributed by atoms with E-state index in [4.69, 9.17) is 21.1 Å². The molecular weight excluding hydrogens is 250 g/mol. The van der Waals surface area contributed by atoms with E-state index >= 15 is 0 Å². The first-order valence-corrected chi connectivity index (χ1v) is 6.91. The second kappa shape index (κ2) is 6.98. The molecule has 0 saturated heterocycles. The molecule has 100 valence electrons. The molecule has 0 atom stereocenters. The van der Waals surface area contributed by atoms with Crippen LogP contribution in [0, 0.1) is 0 Å². The number of hydrogen-bond acceptors (Lipinski definition) is 3. The van der Waals surface area contributed by atoms with E-state index in [-0.39, 0.29) is 0 Å². The van der Waals surface area contributed by atoms with Crippen LogP contribution >= 0.6 is 11.6 Å². The molecule has 1 heterocycles. The summed E-state index contributed by atoms with van der Waals surface area (Å²) >= 11 is 6.09. The van der Waals surface area contributed by atoms with E-state index in [1.807, 2.05) is 12.1 Å². The minimum atomic E-state index is 0.566. The molecule has 0 radical (unpaired) electrons. The number of hydrogen-bond donors (Lipinski definition) is 1. The van der Waals surface area contributed by atoms with Crippen molar-refractivity contribution in [2.75, 3.05) is 26.3 Å². The van der Waals surface area contributed by atoms with Crippen LogP contribution in [0.2, 0.25) is 5.02 Å². The first-order chi connectivity index (χ1) is 8.81. The van der Waals surface area contributed by atoms with Crippen molar-refractivity contribution in [3.8, 4) is 5.75 Å². The highest BCUT2D eigenvalue weighted by Crippen LogP contribution is 2.33. The fourth-order valence-corrected chi connectivity index (χ4v) is 2.34. The summed E-state index contributed by atoms with van der Waals surface area (Å²) in [5.41, 5.74) is 2.26. The normalized spacial score (nSPS) is 13.4. The predicted octanol–water partition coefficient (Wildman–Crippen LogP) is 2.79. The predicted molar refractivity (Wildman–Crippen MR) is 73.5 cm³/mol. The lowest BCUT2D eigenvalue weighted by Gasteiger charge is -2.10. The van der Waals surface area contributed by atoms with Gasteiger partial charge in [-0.3, -0.25) is 0 Å². The van der Waals surface area contributed by atoms with Crippen molar-refractivity contribution in [2.45, 2.75) is 26.4 Å². The average Bonchev–Trinajstić information content (AvgIpc) is 2.81. The summed E-state index contributed by atoms with van der Waals surface area (Å²) in [6, 6.07) is 3.92. The van der Waals surface area contributed by atoms with E-state index in [2.05, 4.69) is 12.2 Å². The third kappa shape index (κ3) is 3.61. The highest BCUT2D eigenvalue weighted by Gasteiger charge is 2.17. The Morgan fingerprint density at radius 1 is 1.39 bits per heavy atom. The van der Waals surface area contributed by atoms with E-state index < -0.39 is 0 Å². The van der Waals surface area contributed by atoms with Crippen molar-refractivity contribution in [1.82, 2.24) is 5.32 Å². The van der Waals surface area contributed by atoms with E-state index in [0.717, 1.165) is 48.9 Å². The number of fused-ring (bicyclic) bond motifs is 1. The summed E-state index contributed by atoms with van der Waals surface area (Å²) in [6.07, 6.45) is 2.09. The van der Waals surface area contributed by atoms with Gasteiger partial charge in [0.05, 0.1) is 19.8 Å². The smallest absolute Gasteiger partial charge is 0.128 e. The van der Waals surface area contributed by atoms with Crippen molar-refractivity contribution in [3.63, 3.8) is 0 Å². The van der Waals surface area contributed by atoms with Crippen LogP contribution < -0.4 is 10.1 Å². The van der Waals surface area contributed by atoms with Crippen LogP contribution in [-0.2, 0) is 17.8 Å². The van der Waals surface area contributed by atoms with Gasteiger partial charge in [0.15, 0.2) is 0 Å². The third-order valence-electron chi connectivity index (χ3n) is 2.93. The number of benzene rings is 1. The topological polar surface area (TPSA) is 30.5 Å². The van der Waals surface area contributed by atoms with Crippen molar-refractivity contribution >= 4 is 11.6 Å². The molecular formula is C14H20ClNO2. The number of nitrogens with one attached hydrogen (secondary N) is 1. The van der Waals surface area contributed by atoms with Gasteiger partial charge in [0.2, 0.25) is 0 Å². The second-order valence-electron chi connectivity index (χ2n) is 4.45. The zero-order valence-electron chi connectivity index (χ0n) is 10.8. The molecule has 0 bridgehead atoms. The van der Waals surface area contributed by atoms with Gasteiger partial charge in [0.1, 0.15) is 5.75 Å². The van der Waals surface area contributed by atoms with Crippen molar-refractivity contribution in [2.24, 2.45) is 0 Å². The van der Waals surface area contributed by atoms with Gasteiger partial charge in [0.25, 0.3) is 0 Å². The molecule has 4 heteroatoms. The Morgan fingerprint density at radius 2 is 2.28 bits per heavy atom. The van der Waals surface area contributed by atoms with Crippen LogP contribution in [0.25, 0.3) is 0 Å². The Balaban J connectivity index is 1.82. The molecule has 0 amide bonds. The molecule has 18 heavy (non-hydrogen) atoms. The van der Waals surface area contributed by atoms with Gasteiger partial charge >= 0.3 is 0 Å². The summed E-state index contributed by atoms with van der Waals surface area (Å²) in [5.74, 6) is 0.973. The molecule has 0 fully saturated rings. The van der Waals surface area contributed by atoms with Crippen LogP contribution in [0.3, 0.4) is 0 Å². The van der Waals surface area contributed by atoms with Crippen LogP contribution in [0.5, 0.6) is 5.75 Å². The quantitative estimate of drug-likeness (QED) is 0.772. The first-order valence-electron chi connectivity index (χ1n) is 6.54. The lowest BCUT2D eigenvalue weighted by molar-refractivity contribution is 0.121. The lowest BCUT2D eigenvalue weighted by atomic mass is 10.1. The van der Waals surface area contributed by atoms with Crippen LogP contribution in [0.4, 0.5) is 0 Å². The standard InChI is InChI=1S/C14H20ClNO2/c1-2-4-16-5-7-17-10-12-9-13(15)8-11-3-6-18-14(11)12/h8-9,16H,2-7,10H2,1H3. The monoisotopic (exact) mass is 269 g/mol. The SMILES string of the molecule is CCCNCCOCc1cc(Cl)cc2c1OCC2. The van der Waals surface area contributed by atoms with E-state index in [0.29, 0.717) is 13.2 Å². The zero-order valence-corrected chi connectivity index (χ0v) is 11.6. The summed E-state index contributed by atoms with van der Waals surface area (Å²) in [4.78, 5) is 0. The molecule has 1 aliphatic rings. The molecule has 1 aromatic carbocycles. The molecule has 0 aliphatic carbocycles. The highest BCUT2D eigenvalue weighted by molar-refractivity contribution is 6.30. The Bertz CT molecular complexity index is 396. The zero-order chi connectivity index (χ0) is 12.8. The number of halogens is 1. The molecule has 2 rings (SSSR count). The molecule has 3 nitrogen and oxygen atoms in total. The van der Waals surface area contributed by atoms with Crippen LogP contribution in [0.1, 0.15) is 24.5 Å². The third-order valence-corrected chi connectivity index (χ3v) is 3.15. The van der Waals surface area contributed by atoms with Crippen molar-refractivity contribution in [1.29, 1.82) is 0 Å². The summed E-state index contributed by atoms with van der Waals surface area (Å²) in [7, 11) is 0. The summed E-state index contributed by atoms with van der Waals surface area (Å²) in [5, 5.41) is 4.07. The van der Waals surface area contributed by atoms with Crippen molar-refractivity contribution in [3.05, 3.63) is 28.3 Å². The lowest BCUT2D eigenvalue weighted by Crippen LogP contribution is -2.20. The molecule has 1 aliphatic heterocycles. The van der Waals surface area contributed by atoms with Crippen LogP contribution in [-0.4, -0.2) is 26.3 Å². The van der Waals surface area contributed by atoms with Gasteiger partial charge in [-0.2, -0.15) is 0 Å². The van der Waals surface area contributed by atoms with Gasteiger partial charge in [-0.1, -0.05) is 18.5 Å². The fourth-order valence-electron chi connectivity index (χ4n) is 2.08. The maximum Gasteiger partial charge on any atom is 0.128 e. The molecule has 0 spiro atoms. The minimum absolute atomic E-state index is 0.566. The number of ether oxygens (including phenoxy) is 2. The van der Waals surface area contributed by atoms with Gasteiger partial charge in [-0.15, -0.1) is 0 Å². The van der Waals surface area contributed by atoms with Gasteiger partial charge < -0.3 is 14.8 Å². The molecule has 1 N–H and O–H groups in total. The Hall–Kier alpha value is -0.770. The van der Waals surface area contributed by atoms with Gasteiger partial charge in [-0.25, -0.2) is 0 Å². The largest absolute Gasteiger partial charge is 0.493 e. The van der Waals surface area contributed by atoms with E-state index in [9.17, 15) is 0 Å². The molecule has 0 unspecified atom stereocenters. The Labute approximate surface area is 113 Å². The van der Waals surface area contributed by atoms with Gasteiger partial charge in [0, 0.05) is 23.6 Å². The molecule has 0 aromatic heterocycles. The Morgan fingerprint density at radius 3 is 3.11 bits per heavy atom.